The fourth-order valence-electron chi connectivity index (χ4n) is 1.22. The normalized spacial score (nSPS) is 11.7. The zero-order chi connectivity index (χ0) is 12.1. The van der Waals surface area contributed by atoms with E-state index in [4.69, 9.17) is 0 Å². The van der Waals surface area contributed by atoms with Crippen molar-refractivity contribution in [1.82, 2.24) is 4.90 Å². The van der Waals surface area contributed by atoms with Crippen LogP contribution in [0.3, 0.4) is 0 Å². The van der Waals surface area contributed by atoms with Gasteiger partial charge in [0.2, 0.25) is 0 Å². The molecule has 88 valence electrons. The van der Waals surface area contributed by atoms with Crippen LogP contribution in [0.5, 0.6) is 0 Å². The number of allylic oxidation sites excluding steroid dienone is 5. The molecule has 0 saturated heterocycles. The smallest absolute Gasteiger partial charge is 0.0362 e. The van der Waals surface area contributed by atoms with Crippen LogP contribution in [0.2, 0.25) is 0 Å². The third-order valence-corrected chi connectivity index (χ3v) is 1.93. The molecule has 0 unspecified atom stereocenters. The van der Waals surface area contributed by atoms with Gasteiger partial charge in [0.05, 0.1) is 0 Å². The Labute approximate surface area is 96.2 Å². The highest BCUT2D eigenvalue weighted by atomic mass is 15.1. The third kappa shape index (κ3) is 8.04. The largest absolute Gasteiger partial charge is 0.372 e. The quantitative estimate of drug-likeness (QED) is 0.607. The first-order chi connectivity index (χ1) is 7.29. The fourth-order valence-corrected chi connectivity index (χ4v) is 1.22. The van der Waals surface area contributed by atoms with Crippen molar-refractivity contribution in [2.45, 2.75) is 41.5 Å². The van der Waals surface area contributed by atoms with Gasteiger partial charge in [-0.2, -0.15) is 0 Å². The van der Waals surface area contributed by atoms with Crippen molar-refractivity contribution in [2.75, 3.05) is 13.1 Å². The molecule has 0 aromatic heterocycles. The van der Waals surface area contributed by atoms with Gasteiger partial charge in [-0.25, -0.2) is 0 Å². The zero-order valence-electron chi connectivity index (χ0n) is 11.2. The lowest BCUT2D eigenvalue weighted by molar-refractivity contribution is 0.394. The SMILES string of the molecule is CC.C\C=C/C(=C\C=C\C)N(CC)CC. The van der Waals surface area contributed by atoms with Crippen molar-refractivity contribution in [3.63, 3.8) is 0 Å². The van der Waals surface area contributed by atoms with Crippen molar-refractivity contribution >= 4 is 0 Å². The molecule has 0 aliphatic rings. The van der Waals surface area contributed by atoms with Gasteiger partial charge < -0.3 is 4.90 Å². The van der Waals surface area contributed by atoms with Crippen LogP contribution in [-0.2, 0) is 0 Å². The molecule has 0 atom stereocenters. The van der Waals surface area contributed by atoms with Gasteiger partial charge in [-0.15, -0.1) is 0 Å². The van der Waals surface area contributed by atoms with Gasteiger partial charge in [-0.05, 0) is 39.8 Å². The summed E-state index contributed by atoms with van der Waals surface area (Å²) >= 11 is 0. The van der Waals surface area contributed by atoms with Crippen LogP contribution in [0.25, 0.3) is 0 Å². The maximum atomic E-state index is 2.33. The predicted molar refractivity (Wildman–Crippen MR) is 72.0 cm³/mol. The Morgan fingerprint density at radius 1 is 1.00 bits per heavy atom. The van der Waals surface area contributed by atoms with Crippen LogP contribution < -0.4 is 0 Å². The van der Waals surface area contributed by atoms with E-state index in [1.54, 1.807) is 0 Å². The lowest BCUT2D eigenvalue weighted by Gasteiger charge is -2.21. The first kappa shape index (κ1) is 16.4. The van der Waals surface area contributed by atoms with Crippen LogP contribution >= 0.6 is 0 Å². The highest BCUT2D eigenvalue weighted by molar-refractivity contribution is 5.22. The van der Waals surface area contributed by atoms with Crippen LogP contribution in [0.15, 0.2) is 36.1 Å². The molecule has 0 saturated carbocycles. The minimum absolute atomic E-state index is 1.06. The van der Waals surface area contributed by atoms with E-state index in [0.717, 1.165) is 13.1 Å². The number of nitrogens with zero attached hydrogens (tertiary/aromatic N) is 1. The van der Waals surface area contributed by atoms with Crippen molar-refractivity contribution < 1.29 is 0 Å². The van der Waals surface area contributed by atoms with E-state index in [0.29, 0.717) is 0 Å². The number of hydrogen-bond donors (Lipinski definition) is 0. The highest BCUT2D eigenvalue weighted by Crippen LogP contribution is 2.05. The Kier molecular flexibility index (Phi) is 14.3. The summed E-state index contributed by atoms with van der Waals surface area (Å²) in [6, 6.07) is 0. The van der Waals surface area contributed by atoms with Crippen molar-refractivity contribution in [1.29, 1.82) is 0 Å². The van der Waals surface area contributed by atoms with E-state index >= 15 is 0 Å². The summed E-state index contributed by atoms with van der Waals surface area (Å²) in [5.41, 5.74) is 1.28. The van der Waals surface area contributed by atoms with Gasteiger partial charge in [0.15, 0.2) is 0 Å². The van der Waals surface area contributed by atoms with Crippen LogP contribution in [0, 0.1) is 0 Å². The molecule has 1 heteroatoms. The molecule has 0 N–H and O–H groups in total. The molecule has 0 bridgehead atoms. The molecule has 0 aliphatic carbocycles. The summed E-state index contributed by atoms with van der Waals surface area (Å²) in [6.07, 6.45) is 10.5. The van der Waals surface area contributed by atoms with Gasteiger partial charge in [-0.1, -0.05) is 32.1 Å². The van der Waals surface area contributed by atoms with E-state index in [2.05, 4.69) is 43.1 Å². The van der Waals surface area contributed by atoms with Crippen molar-refractivity contribution in [3.8, 4) is 0 Å². The maximum absolute atomic E-state index is 2.33. The zero-order valence-corrected chi connectivity index (χ0v) is 11.2. The molecule has 0 aromatic carbocycles. The Bertz CT molecular complexity index is 195. The molecule has 1 nitrogen and oxygen atoms in total. The van der Waals surface area contributed by atoms with E-state index in [1.165, 1.54) is 5.70 Å². The van der Waals surface area contributed by atoms with Gasteiger partial charge in [0, 0.05) is 18.8 Å². The van der Waals surface area contributed by atoms with Crippen LogP contribution in [0.1, 0.15) is 41.5 Å². The Hall–Kier alpha value is -0.980. The van der Waals surface area contributed by atoms with E-state index in [-0.39, 0.29) is 0 Å². The van der Waals surface area contributed by atoms with E-state index < -0.39 is 0 Å². The number of hydrogen-bond acceptors (Lipinski definition) is 1. The van der Waals surface area contributed by atoms with Crippen LogP contribution in [0.4, 0.5) is 0 Å². The lowest BCUT2D eigenvalue weighted by Crippen LogP contribution is -2.20. The number of likely N-dealkylation sites (N-methyl/N-ethyl adjacent to an activating group) is 1. The van der Waals surface area contributed by atoms with Gasteiger partial charge in [0.1, 0.15) is 0 Å². The molecule has 0 fully saturated rings. The first-order valence-corrected chi connectivity index (χ1v) is 6.00. The Morgan fingerprint density at radius 3 is 1.87 bits per heavy atom. The Balaban J connectivity index is 0. The molecule has 0 radical (unpaired) electrons. The average Bonchev–Trinajstić information content (AvgIpc) is 2.30. The second-order valence-electron chi connectivity index (χ2n) is 2.79. The summed E-state index contributed by atoms with van der Waals surface area (Å²) in [5.74, 6) is 0. The molecule has 0 heterocycles. The summed E-state index contributed by atoms with van der Waals surface area (Å²) in [4.78, 5) is 2.33. The summed E-state index contributed by atoms with van der Waals surface area (Å²) in [7, 11) is 0. The van der Waals surface area contributed by atoms with E-state index in [9.17, 15) is 0 Å². The molecule has 0 amide bonds. The third-order valence-electron chi connectivity index (χ3n) is 1.93. The summed E-state index contributed by atoms with van der Waals surface area (Å²) < 4.78 is 0. The topological polar surface area (TPSA) is 3.24 Å². The van der Waals surface area contributed by atoms with Crippen molar-refractivity contribution in [3.05, 3.63) is 36.1 Å². The molecule has 15 heavy (non-hydrogen) atoms. The molecule has 0 aromatic rings. The van der Waals surface area contributed by atoms with E-state index in [1.807, 2.05) is 33.8 Å². The fraction of sp³-hybridized carbons (Fsp3) is 0.571. The number of rotatable bonds is 5. The maximum Gasteiger partial charge on any atom is 0.0362 e. The molecular weight excluding hydrogens is 182 g/mol. The molecule has 0 spiro atoms. The molecule has 0 rings (SSSR count). The average molecular weight is 209 g/mol. The lowest BCUT2D eigenvalue weighted by atomic mass is 10.3. The minimum Gasteiger partial charge on any atom is -0.372 e. The second kappa shape index (κ2) is 13.0. The van der Waals surface area contributed by atoms with Gasteiger partial charge in [-0.3, -0.25) is 0 Å². The molecule has 0 aliphatic heterocycles. The first-order valence-electron chi connectivity index (χ1n) is 6.00. The van der Waals surface area contributed by atoms with Gasteiger partial charge in [0.25, 0.3) is 0 Å². The highest BCUT2D eigenvalue weighted by Gasteiger charge is 1.99. The second-order valence-corrected chi connectivity index (χ2v) is 2.79. The summed E-state index contributed by atoms with van der Waals surface area (Å²) in [5, 5.41) is 0. The van der Waals surface area contributed by atoms with Gasteiger partial charge >= 0.3 is 0 Å². The molecular formula is C14H27N. The monoisotopic (exact) mass is 209 g/mol. The van der Waals surface area contributed by atoms with Crippen LogP contribution in [-0.4, -0.2) is 18.0 Å². The summed E-state index contributed by atoms with van der Waals surface area (Å²) in [6.45, 7) is 14.6. The van der Waals surface area contributed by atoms with Crippen molar-refractivity contribution in [2.24, 2.45) is 0 Å². The predicted octanol–water partition coefficient (Wildman–Crippen LogP) is 4.39. The Morgan fingerprint density at radius 2 is 1.53 bits per heavy atom. The standard InChI is InChI=1S/C12H21N.C2H6/c1-5-9-11-12(10-6-2)13(7-3)8-4;1-2/h5-6,9-11H,7-8H2,1-4H3;1-2H3/b9-5+,10-6-,12-11+;. The minimum atomic E-state index is 1.06.